The average molecular weight is 409 g/mol. The molecule has 0 bridgehead atoms. The first-order valence-corrected chi connectivity index (χ1v) is 9.21. The van der Waals surface area contributed by atoms with E-state index in [1.54, 1.807) is 30.5 Å². The molecule has 0 aliphatic rings. The molecule has 0 aliphatic heterocycles. The number of ether oxygens (including phenoxy) is 1. The maximum Gasteiger partial charge on any atom is 0.387 e. The van der Waals surface area contributed by atoms with E-state index in [9.17, 15) is 13.6 Å². The maximum absolute atomic E-state index is 12.9. The number of halogens is 2. The molecule has 30 heavy (non-hydrogen) atoms. The van der Waals surface area contributed by atoms with E-state index in [4.69, 9.17) is 0 Å². The van der Waals surface area contributed by atoms with Gasteiger partial charge in [0.2, 0.25) is 0 Å². The van der Waals surface area contributed by atoms with Crippen LogP contribution < -0.4 is 10.1 Å². The first kappa shape index (κ1) is 19.4. The third kappa shape index (κ3) is 3.82. The topological polar surface area (TPSA) is 81.9 Å². The summed E-state index contributed by atoms with van der Waals surface area (Å²) in [5, 5.41) is 11.8. The van der Waals surface area contributed by atoms with Gasteiger partial charge in [-0.1, -0.05) is 18.2 Å². The van der Waals surface area contributed by atoms with Gasteiger partial charge in [0.25, 0.3) is 5.91 Å². The van der Waals surface area contributed by atoms with Gasteiger partial charge in [0, 0.05) is 11.6 Å². The van der Waals surface area contributed by atoms with Crippen LogP contribution in [0.5, 0.6) is 5.75 Å². The van der Waals surface area contributed by atoms with Crippen molar-refractivity contribution in [1.82, 2.24) is 20.0 Å². The van der Waals surface area contributed by atoms with Crippen molar-refractivity contribution in [1.29, 1.82) is 0 Å². The van der Waals surface area contributed by atoms with Crippen molar-refractivity contribution in [2.24, 2.45) is 0 Å². The summed E-state index contributed by atoms with van der Waals surface area (Å²) in [6.07, 6.45) is 2.18. The van der Waals surface area contributed by atoms with Gasteiger partial charge in [-0.15, -0.1) is 5.10 Å². The van der Waals surface area contributed by atoms with Crippen LogP contribution in [0.4, 0.5) is 14.5 Å². The second kappa shape index (κ2) is 8.24. The molecule has 1 amide bonds. The van der Waals surface area contributed by atoms with Crippen molar-refractivity contribution in [3.63, 3.8) is 0 Å². The zero-order chi connectivity index (χ0) is 21.1. The van der Waals surface area contributed by atoms with Gasteiger partial charge in [0.05, 0.1) is 22.6 Å². The van der Waals surface area contributed by atoms with Crippen molar-refractivity contribution in [2.75, 3.05) is 5.32 Å². The van der Waals surface area contributed by atoms with Gasteiger partial charge in [-0.2, -0.15) is 8.78 Å². The molecule has 0 atom stereocenters. The Labute approximate surface area is 170 Å². The first-order valence-electron chi connectivity index (χ1n) is 9.21. The lowest BCUT2D eigenvalue weighted by Crippen LogP contribution is -2.15. The number of nitrogens with zero attached hydrogens (tertiary/aromatic N) is 4. The third-order valence-corrected chi connectivity index (χ3v) is 4.51. The zero-order valence-corrected chi connectivity index (χ0v) is 15.9. The summed E-state index contributed by atoms with van der Waals surface area (Å²) in [4.78, 5) is 17.2. The van der Waals surface area contributed by atoms with E-state index in [2.05, 4.69) is 25.3 Å². The zero-order valence-electron chi connectivity index (χ0n) is 15.9. The fourth-order valence-corrected chi connectivity index (χ4v) is 3.17. The minimum absolute atomic E-state index is 0.0365. The Balaban J connectivity index is 1.62. The molecule has 0 unspecified atom stereocenters. The van der Waals surface area contributed by atoms with Gasteiger partial charge in [0.15, 0.2) is 5.69 Å². The number of hydrogen-bond donors (Lipinski definition) is 1. The number of hydrogen-bond acceptors (Lipinski definition) is 5. The molecule has 2 aromatic heterocycles. The first-order chi connectivity index (χ1) is 14.6. The van der Waals surface area contributed by atoms with Gasteiger partial charge < -0.3 is 10.1 Å². The van der Waals surface area contributed by atoms with Crippen LogP contribution >= 0.6 is 0 Å². The standard InChI is InChI=1S/C21H17F2N5O2/c1-2-18-19(20(29)25-17-7-3-6-16-15(17)5-4-12-24-16)26-27-28(18)13-8-10-14(11-9-13)30-21(22)23/h3-12,21H,2H2,1H3,(H,25,29). The van der Waals surface area contributed by atoms with Crippen LogP contribution in [0.3, 0.4) is 0 Å². The highest BCUT2D eigenvalue weighted by molar-refractivity contribution is 6.08. The normalized spacial score (nSPS) is 11.1. The van der Waals surface area contributed by atoms with Crippen molar-refractivity contribution < 1.29 is 18.3 Å². The summed E-state index contributed by atoms with van der Waals surface area (Å²) < 4.78 is 30.5. The third-order valence-electron chi connectivity index (χ3n) is 4.51. The Bertz CT molecular complexity index is 1190. The molecular weight excluding hydrogens is 392 g/mol. The van der Waals surface area contributed by atoms with Gasteiger partial charge >= 0.3 is 6.61 Å². The van der Waals surface area contributed by atoms with Gasteiger partial charge in [-0.3, -0.25) is 9.78 Å². The highest BCUT2D eigenvalue weighted by Crippen LogP contribution is 2.23. The Hall–Kier alpha value is -3.88. The lowest BCUT2D eigenvalue weighted by Gasteiger charge is -2.09. The van der Waals surface area contributed by atoms with Crippen LogP contribution in [-0.2, 0) is 6.42 Å². The van der Waals surface area contributed by atoms with Crippen molar-refractivity contribution in [3.05, 3.63) is 72.2 Å². The number of pyridine rings is 1. The molecule has 0 spiro atoms. The van der Waals surface area contributed by atoms with Crippen LogP contribution in [0.2, 0.25) is 0 Å². The minimum Gasteiger partial charge on any atom is -0.435 e. The molecule has 152 valence electrons. The van der Waals surface area contributed by atoms with Crippen molar-refractivity contribution in [2.45, 2.75) is 20.0 Å². The molecule has 9 heteroatoms. The monoisotopic (exact) mass is 409 g/mol. The molecular formula is C21H17F2N5O2. The van der Waals surface area contributed by atoms with E-state index in [1.807, 2.05) is 25.1 Å². The van der Waals surface area contributed by atoms with Crippen LogP contribution in [0.25, 0.3) is 16.6 Å². The van der Waals surface area contributed by atoms with Crippen LogP contribution in [0, 0.1) is 0 Å². The summed E-state index contributed by atoms with van der Waals surface area (Å²) in [5.41, 5.74) is 2.74. The van der Waals surface area contributed by atoms with E-state index >= 15 is 0 Å². The molecule has 0 saturated heterocycles. The highest BCUT2D eigenvalue weighted by atomic mass is 19.3. The highest BCUT2D eigenvalue weighted by Gasteiger charge is 2.20. The number of rotatable bonds is 6. The Kier molecular flexibility index (Phi) is 5.34. The smallest absolute Gasteiger partial charge is 0.387 e. The number of nitrogens with one attached hydrogen (secondary N) is 1. The van der Waals surface area contributed by atoms with E-state index in [0.29, 0.717) is 23.5 Å². The van der Waals surface area contributed by atoms with Gasteiger partial charge in [-0.05, 0) is 55.0 Å². The summed E-state index contributed by atoms with van der Waals surface area (Å²) in [6, 6.07) is 15.1. The summed E-state index contributed by atoms with van der Waals surface area (Å²) in [7, 11) is 0. The predicted molar refractivity (Wildman–Crippen MR) is 107 cm³/mol. The van der Waals surface area contributed by atoms with Crippen molar-refractivity contribution in [3.8, 4) is 11.4 Å². The SMILES string of the molecule is CCc1c(C(=O)Nc2cccc3ncccc23)nnn1-c1ccc(OC(F)F)cc1. The Morgan fingerprint density at radius 1 is 1.13 bits per heavy atom. The number of fused-ring (bicyclic) bond motifs is 1. The van der Waals surface area contributed by atoms with Crippen LogP contribution in [0.15, 0.2) is 60.8 Å². The minimum atomic E-state index is -2.90. The maximum atomic E-state index is 12.9. The molecule has 7 nitrogen and oxygen atoms in total. The number of carbonyl (C=O) groups is 1. The predicted octanol–water partition coefficient (Wildman–Crippen LogP) is 4.23. The lowest BCUT2D eigenvalue weighted by atomic mass is 10.1. The quantitative estimate of drug-likeness (QED) is 0.515. The number of anilines is 1. The molecule has 1 N–H and O–H groups in total. The van der Waals surface area contributed by atoms with Crippen molar-refractivity contribution >= 4 is 22.5 Å². The molecule has 4 rings (SSSR count). The van der Waals surface area contributed by atoms with E-state index < -0.39 is 12.5 Å². The Morgan fingerprint density at radius 3 is 2.67 bits per heavy atom. The summed E-state index contributed by atoms with van der Waals surface area (Å²) in [5.74, 6) is -0.360. The molecule has 2 aromatic carbocycles. The second-order valence-electron chi connectivity index (χ2n) is 6.35. The molecule has 0 fully saturated rings. The Morgan fingerprint density at radius 2 is 1.93 bits per heavy atom. The van der Waals surface area contributed by atoms with Crippen LogP contribution in [0.1, 0.15) is 23.1 Å². The lowest BCUT2D eigenvalue weighted by molar-refractivity contribution is -0.0498. The fraction of sp³-hybridized carbons (Fsp3) is 0.143. The number of alkyl halides is 2. The molecule has 0 radical (unpaired) electrons. The molecule has 4 aromatic rings. The largest absolute Gasteiger partial charge is 0.435 e. The van der Waals surface area contributed by atoms with E-state index in [0.717, 1.165) is 10.9 Å². The number of carbonyl (C=O) groups excluding carboxylic acids is 1. The summed E-state index contributed by atoms with van der Waals surface area (Å²) in [6.45, 7) is -1.02. The van der Waals surface area contributed by atoms with E-state index in [1.165, 1.54) is 16.8 Å². The molecule has 0 aliphatic carbocycles. The van der Waals surface area contributed by atoms with Crippen LogP contribution in [-0.4, -0.2) is 32.5 Å². The van der Waals surface area contributed by atoms with Gasteiger partial charge in [-0.25, -0.2) is 4.68 Å². The fourth-order valence-electron chi connectivity index (χ4n) is 3.17. The molecule has 2 heterocycles. The van der Waals surface area contributed by atoms with E-state index in [-0.39, 0.29) is 11.4 Å². The molecule has 0 saturated carbocycles. The summed E-state index contributed by atoms with van der Waals surface area (Å²) >= 11 is 0. The van der Waals surface area contributed by atoms with Gasteiger partial charge in [0.1, 0.15) is 5.75 Å². The average Bonchev–Trinajstić information content (AvgIpc) is 3.18. The number of amides is 1. The second-order valence-corrected chi connectivity index (χ2v) is 6.35. The number of benzene rings is 2. The number of aromatic nitrogens is 4.